The van der Waals surface area contributed by atoms with Crippen LogP contribution < -0.4 is 0 Å². The number of halogens is 1. The Morgan fingerprint density at radius 1 is 1.43 bits per heavy atom. The van der Waals surface area contributed by atoms with E-state index in [1.54, 1.807) is 0 Å². The molecule has 1 aromatic rings. The highest BCUT2D eigenvalue weighted by molar-refractivity contribution is 6.31. The lowest BCUT2D eigenvalue weighted by Crippen LogP contribution is -2.37. The molecular formula is C16H25ClN2O2. The van der Waals surface area contributed by atoms with Crippen LogP contribution in [0.2, 0.25) is 5.02 Å². The Balaban J connectivity index is 2.33. The molecule has 4 nitrogen and oxygen atoms in total. The predicted octanol–water partition coefficient (Wildman–Crippen LogP) is 3.94. The fraction of sp³-hybridized carbons (Fsp3) is 0.750. The van der Waals surface area contributed by atoms with E-state index in [2.05, 4.69) is 12.0 Å². The van der Waals surface area contributed by atoms with Gasteiger partial charge in [0.2, 0.25) is 0 Å². The first kappa shape index (κ1) is 16.3. The average Bonchev–Trinajstić information content (AvgIpc) is 2.77. The molecule has 0 radical (unpaired) electrons. The van der Waals surface area contributed by atoms with Crippen molar-refractivity contribution in [3.05, 3.63) is 16.4 Å². The van der Waals surface area contributed by atoms with Crippen LogP contribution in [0, 0.1) is 11.3 Å². The number of carboxylic acid groups (broad SMARTS) is 1. The zero-order chi connectivity index (χ0) is 15.6. The highest BCUT2D eigenvalue weighted by atomic mass is 35.5. The summed E-state index contributed by atoms with van der Waals surface area (Å²) in [5, 5.41) is 15.0. The van der Waals surface area contributed by atoms with Gasteiger partial charge in [0.15, 0.2) is 0 Å². The number of aromatic nitrogens is 2. The molecule has 0 aromatic carbocycles. The first-order valence-corrected chi connectivity index (χ1v) is 8.28. The smallest absolute Gasteiger partial charge is 0.310 e. The lowest BCUT2D eigenvalue weighted by molar-refractivity contribution is -0.151. The van der Waals surface area contributed by atoms with Crippen molar-refractivity contribution in [2.75, 3.05) is 0 Å². The normalized spacial score (nSPS) is 26.0. The van der Waals surface area contributed by atoms with E-state index in [0.717, 1.165) is 50.0 Å². The molecule has 0 spiro atoms. The lowest BCUT2D eigenvalue weighted by atomic mass is 9.68. The molecule has 1 saturated carbocycles. The van der Waals surface area contributed by atoms with Gasteiger partial charge < -0.3 is 5.11 Å². The second-order valence-corrected chi connectivity index (χ2v) is 6.70. The standard InChI is InChI=1S/C16H25ClN2O2/c1-4-12-14(17)13(19(5-2)18-12)10-16(15(20)21)8-6-11(3)7-9-16/h11H,4-10H2,1-3H3,(H,20,21). The minimum atomic E-state index is -0.688. The van der Waals surface area contributed by atoms with Gasteiger partial charge in [0.1, 0.15) is 0 Å². The molecule has 1 aliphatic carbocycles. The van der Waals surface area contributed by atoms with Crippen LogP contribution in [0.3, 0.4) is 0 Å². The molecule has 1 aliphatic rings. The van der Waals surface area contributed by atoms with Crippen LogP contribution in [0.4, 0.5) is 0 Å². The second kappa shape index (κ2) is 6.39. The van der Waals surface area contributed by atoms with Crippen LogP contribution >= 0.6 is 11.6 Å². The molecule has 0 atom stereocenters. The maximum absolute atomic E-state index is 11.9. The first-order chi connectivity index (χ1) is 9.93. The fourth-order valence-corrected chi connectivity index (χ4v) is 3.62. The third-order valence-corrected chi connectivity index (χ3v) is 5.32. The number of hydrogen-bond acceptors (Lipinski definition) is 2. The second-order valence-electron chi connectivity index (χ2n) is 6.32. The molecule has 0 saturated heterocycles. The molecule has 1 heterocycles. The Morgan fingerprint density at radius 2 is 2.05 bits per heavy atom. The maximum Gasteiger partial charge on any atom is 0.310 e. The van der Waals surface area contributed by atoms with Crippen LogP contribution in [-0.2, 0) is 24.2 Å². The highest BCUT2D eigenvalue weighted by Crippen LogP contribution is 2.43. The van der Waals surface area contributed by atoms with Gasteiger partial charge in [-0.2, -0.15) is 5.10 Å². The Morgan fingerprint density at radius 3 is 2.52 bits per heavy atom. The molecule has 5 heteroatoms. The highest BCUT2D eigenvalue weighted by Gasteiger charge is 2.42. The van der Waals surface area contributed by atoms with Crippen molar-refractivity contribution in [1.82, 2.24) is 9.78 Å². The average molecular weight is 313 g/mol. The summed E-state index contributed by atoms with van der Waals surface area (Å²) in [5.41, 5.74) is 1.10. The van der Waals surface area contributed by atoms with E-state index in [1.807, 2.05) is 18.5 Å². The van der Waals surface area contributed by atoms with E-state index in [9.17, 15) is 9.90 Å². The van der Waals surface area contributed by atoms with Crippen LogP contribution in [0.25, 0.3) is 0 Å². The SMILES string of the molecule is CCc1nn(CC)c(CC2(C(=O)O)CCC(C)CC2)c1Cl. The quantitative estimate of drug-likeness (QED) is 0.896. The van der Waals surface area contributed by atoms with E-state index >= 15 is 0 Å². The molecule has 1 fully saturated rings. The van der Waals surface area contributed by atoms with Gasteiger partial charge in [-0.15, -0.1) is 0 Å². The number of nitrogens with zero attached hydrogens (tertiary/aromatic N) is 2. The van der Waals surface area contributed by atoms with Gasteiger partial charge in [0.05, 0.1) is 21.8 Å². The maximum atomic E-state index is 11.9. The predicted molar refractivity (Wildman–Crippen MR) is 83.7 cm³/mol. The van der Waals surface area contributed by atoms with Gasteiger partial charge in [-0.1, -0.05) is 25.4 Å². The van der Waals surface area contributed by atoms with Crippen molar-refractivity contribution in [1.29, 1.82) is 0 Å². The van der Waals surface area contributed by atoms with Gasteiger partial charge in [-0.3, -0.25) is 9.48 Å². The zero-order valence-corrected chi connectivity index (χ0v) is 13.9. The van der Waals surface area contributed by atoms with Crippen LogP contribution in [0.15, 0.2) is 0 Å². The fourth-order valence-electron chi connectivity index (χ4n) is 3.29. The van der Waals surface area contributed by atoms with Crippen molar-refractivity contribution >= 4 is 17.6 Å². The summed E-state index contributed by atoms with van der Waals surface area (Å²) in [6, 6.07) is 0. The Hall–Kier alpha value is -1.03. The summed E-state index contributed by atoms with van der Waals surface area (Å²) in [4.78, 5) is 11.9. The van der Waals surface area contributed by atoms with E-state index in [1.165, 1.54) is 0 Å². The third-order valence-electron chi connectivity index (χ3n) is 4.89. The number of hydrogen-bond donors (Lipinski definition) is 1. The number of rotatable bonds is 5. The molecule has 0 aliphatic heterocycles. The molecule has 1 aromatic heterocycles. The molecule has 0 unspecified atom stereocenters. The largest absolute Gasteiger partial charge is 0.481 e. The Kier molecular flexibility index (Phi) is 4.97. The number of aliphatic carboxylic acids is 1. The Bertz CT molecular complexity index is 517. The monoisotopic (exact) mass is 312 g/mol. The van der Waals surface area contributed by atoms with Crippen molar-refractivity contribution < 1.29 is 9.90 Å². The van der Waals surface area contributed by atoms with Gasteiger partial charge in [-0.05, 0) is 44.9 Å². The molecule has 1 N–H and O–H groups in total. The summed E-state index contributed by atoms with van der Waals surface area (Å²) in [6.45, 7) is 6.96. The third kappa shape index (κ3) is 3.10. The summed E-state index contributed by atoms with van der Waals surface area (Å²) in [5.74, 6) is -0.0670. The minimum Gasteiger partial charge on any atom is -0.481 e. The molecule has 118 valence electrons. The summed E-state index contributed by atoms with van der Waals surface area (Å²) < 4.78 is 1.88. The van der Waals surface area contributed by atoms with Crippen molar-refractivity contribution in [3.8, 4) is 0 Å². The Labute approximate surface area is 131 Å². The van der Waals surface area contributed by atoms with Crippen molar-refractivity contribution in [2.45, 2.75) is 65.8 Å². The zero-order valence-electron chi connectivity index (χ0n) is 13.2. The van der Waals surface area contributed by atoms with Gasteiger partial charge >= 0.3 is 5.97 Å². The van der Waals surface area contributed by atoms with Crippen LogP contribution in [-0.4, -0.2) is 20.9 Å². The molecule has 0 bridgehead atoms. The molecule has 0 amide bonds. The van der Waals surface area contributed by atoms with Gasteiger partial charge in [0.25, 0.3) is 0 Å². The number of aryl methyl sites for hydroxylation is 2. The lowest BCUT2D eigenvalue weighted by Gasteiger charge is -2.36. The topological polar surface area (TPSA) is 55.1 Å². The van der Waals surface area contributed by atoms with Crippen molar-refractivity contribution in [3.63, 3.8) is 0 Å². The first-order valence-electron chi connectivity index (χ1n) is 7.91. The van der Waals surface area contributed by atoms with Gasteiger partial charge in [0, 0.05) is 13.0 Å². The van der Waals surface area contributed by atoms with E-state index in [0.29, 0.717) is 17.4 Å². The van der Waals surface area contributed by atoms with Crippen molar-refractivity contribution in [2.24, 2.45) is 11.3 Å². The van der Waals surface area contributed by atoms with E-state index < -0.39 is 11.4 Å². The number of carbonyl (C=O) groups is 1. The van der Waals surface area contributed by atoms with Crippen LogP contribution in [0.1, 0.15) is 57.8 Å². The molecule has 2 rings (SSSR count). The number of carboxylic acids is 1. The minimum absolute atomic E-state index is 0.495. The van der Waals surface area contributed by atoms with E-state index in [-0.39, 0.29) is 0 Å². The van der Waals surface area contributed by atoms with E-state index in [4.69, 9.17) is 11.6 Å². The summed E-state index contributed by atoms with van der Waals surface area (Å²) >= 11 is 6.45. The van der Waals surface area contributed by atoms with Crippen LogP contribution in [0.5, 0.6) is 0 Å². The molecule has 21 heavy (non-hydrogen) atoms. The van der Waals surface area contributed by atoms with Gasteiger partial charge in [-0.25, -0.2) is 0 Å². The molecular weight excluding hydrogens is 288 g/mol. The summed E-state index contributed by atoms with van der Waals surface area (Å²) in [7, 11) is 0. The summed E-state index contributed by atoms with van der Waals surface area (Å²) in [6.07, 6.45) is 4.69.